The van der Waals surface area contributed by atoms with Crippen molar-refractivity contribution in [3.05, 3.63) is 48.0 Å². The number of carbonyl (C=O) groups is 1. The van der Waals surface area contributed by atoms with Crippen molar-refractivity contribution >= 4 is 5.91 Å². The molecule has 29 heavy (non-hydrogen) atoms. The lowest BCUT2D eigenvalue weighted by molar-refractivity contribution is 0.0441. The summed E-state index contributed by atoms with van der Waals surface area (Å²) >= 11 is 0. The Morgan fingerprint density at radius 1 is 1.24 bits per heavy atom. The third-order valence-corrected chi connectivity index (χ3v) is 5.55. The first-order valence-corrected chi connectivity index (χ1v) is 10.5. The number of amides is 1. The molecule has 1 aromatic heterocycles. The van der Waals surface area contributed by atoms with Crippen LogP contribution in [-0.4, -0.2) is 44.3 Å². The molecule has 1 saturated heterocycles. The van der Waals surface area contributed by atoms with Crippen LogP contribution in [0.15, 0.2) is 36.7 Å². The first-order valence-electron chi connectivity index (χ1n) is 10.5. The smallest absolute Gasteiger partial charge is 0.257 e. The maximum absolute atomic E-state index is 14.1. The van der Waals surface area contributed by atoms with Crippen LogP contribution >= 0.6 is 0 Å². The lowest BCUT2D eigenvalue weighted by atomic mass is 9.79. The number of rotatable bonds is 6. The molecule has 1 fully saturated rings. The first kappa shape index (κ1) is 21.5. The largest absolute Gasteiger partial charge is 0.335 e. The average molecular weight is 401 g/mol. The molecule has 1 aromatic carbocycles. The number of benzene rings is 1. The zero-order valence-corrected chi connectivity index (χ0v) is 18.2. The van der Waals surface area contributed by atoms with Crippen LogP contribution in [0.2, 0.25) is 0 Å². The molecule has 1 aliphatic heterocycles. The molecule has 3 rings (SSSR count). The number of piperidine rings is 1. The van der Waals surface area contributed by atoms with E-state index in [0.717, 1.165) is 32.2 Å². The highest BCUT2D eigenvalue weighted by molar-refractivity contribution is 5.94. The maximum Gasteiger partial charge on any atom is 0.257 e. The van der Waals surface area contributed by atoms with E-state index >= 15 is 0 Å². The van der Waals surface area contributed by atoms with Gasteiger partial charge in [-0.1, -0.05) is 25.5 Å². The van der Waals surface area contributed by atoms with Gasteiger partial charge in [-0.25, -0.2) is 9.07 Å². The summed E-state index contributed by atoms with van der Waals surface area (Å²) in [5.41, 5.74) is 0.748. The third kappa shape index (κ3) is 5.04. The van der Waals surface area contributed by atoms with Crippen molar-refractivity contribution in [2.24, 2.45) is 0 Å². The van der Waals surface area contributed by atoms with Crippen molar-refractivity contribution in [1.29, 1.82) is 0 Å². The number of hydrogen-bond donors (Lipinski definition) is 1. The number of nitrogens with one attached hydrogen (secondary N) is 1. The van der Waals surface area contributed by atoms with Gasteiger partial charge >= 0.3 is 0 Å². The quantitative estimate of drug-likeness (QED) is 0.773. The SMILES string of the molecule is CCCCN(C(=O)c1cnn(-c2ccccc2F)c1)C1CC(C)(C)NC(C)(C)C1. The molecule has 0 spiro atoms. The van der Waals surface area contributed by atoms with Crippen molar-refractivity contribution in [1.82, 2.24) is 20.0 Å². The molecule has 0 bridgehead atoms. The molecule has 0 atom stereocenters. The van der Waals surface area contributed by atoms with E-state index in [2.05, 4.69) is 45.0 Å². The topological polar surface area (TPSA) is 50.2 Å². The minimum atomic E-state index is -0.362. The second kappa shape index (κ2) is 8.27. The number of aromatic nitrogens is 2. The van der Waals surface area contributed by atoms with Gasteiger partial charge in [0.1, 0.15) is 11.5 Å². The Kier molecular flexibility index (Phi) is 6.13. The van der Waals surface area contributed by atoms with Crippen LogP contribution in [0.4, 0.5) is 4.39 Å². The molecule has 158 valence electrons. The average Bonchev–Trinajstić information content (AvgIpc) is 3.09. The second-order valence-corrected chi connectivity index (χ2v) is 9.43. The zero-order valence-electron chi connectivity index (χ0n) is 18.2. The van der Waals surface area contributed by atoms with Gasteiger partial charge in [-0.15, -0.1) is 0 Å². The van der Waals surface area contributed by atoms with Crippen LogP contribution < -0.4 is 5.32 Å². The Morgan fingerprint density at radius 2 is 1.90 bits per heavy atom. The number of hydrogen-bond acceptors (Lipinski definition) is 3. The fourth-order valence-corrected chi connectivity index (χ4v) is 4.64. The molecule has 0 aliphatic carbocycles. The molecule has 0 saturated carbocycles. The van der Waals surface area contributed by atoms with Crippen LogP contribution in [0.3, 0.4) is 0 Å². The van der Waals surface area contributed by atoms with Gasteiger partial charge in [0.25, 0.3) is 5.91 Å². The number of nitrogens with zero attached hydrogens (tertiary/aromatic N) is 3. The molecule has 1 amide bonds. The highest BCUT2D eigenvalue weighted by Crippen LogP contribution is 2.32. The fourth-order valence-electron chi connectivity index (χ4n) is 4.64. The van der Waals surface area contributed by atoms with Gasteiger partial charge in [0.05, 0.1) is 11.8 Å². The Morgan fingerprint density at radius 3 is 2.52 bits per heavy atom. The lowest BCUT2D eigenvalue weighted by Gasteiger charge is -2.49. The van der Waals surface area contributed by atoms with Gasteiger partial charge in [0.2, 0.25) is 0 Å². The molecule has 5 nitrogen and oxygen atoms in total. The number of para-hydroxylation sites is 1. The number of halogens is 1. The van der Waals surface area contributed by atoms with Crippen molar-refractivity contribution in [3.8, 4) is 5.69 Å². The molecule has 2 heterocycles. The Labute approximate surface area is 173 Å². The molecule has 0 radical (unpaired) electrons. The van der Waals surface area contributed by atoms with Crippen LogP contribution in [0.5, 0.6) is 0 Å². The molecule has 1 aliphatic rings. The lowest BCUT2D eigenvalue weighted by Crippen LogP contribution is -2.62. The molecule has 1 N–H and O–H groups in total. The van der Waals surface area contributed by atoms with Gasteiger partial charge in [-0.3, -0.25) is 4.79 Å². The first-order chi connectivity index (χ1) is 13.6. The van der Waals surface area contributed by atoms with Gasteiger partial charge in [-0.05, 0) is 59.1 Å². The van der Waals surface area contributed by atoms with Crippen molar-refractivity contribution in [2.75, 3.05) is 6.54 Å². The van der Waals surface area contributed by atoms with Gasteiger partial charge in [0.15, 0.2) is 0 Å². The maximum atomic E-state index is 14.1. The van der Waals surface area contributed by atoms with Crippen molar-refractivity contribution in [3.63, 3.8) is 0 Å². The van der Waals surface area contributed by atoms with E-state index in [-0.39, 0.29) is 28.8 Å². The zero-order chi connectivity index (χ0) is 21.2. The second-order valence-electron chi connectivity index (χ2n) is 9.43. The summed E-state index contributed by atoms with van der Waals surface area (Å²) in [6.07, 6.45) is 6.96. The van der Waals surface area contributed by atoms with Crippen molar-refractivity contribution < 1.29 is 9.18 Å². The van der Waals surface area contributed by atoms with E-state index in [9.17, 15) is 9.18 Å². The summed E-state index contributed by atoms with van der Waals surface area (Å²) in [7, 11) is 0. The molecular weight excluding hydrogens is 367 g/mol. The highest BCUT2D eigenvalue weighted by atomic mass is 19.1. The summed E-state index contributed by atoms with van der Waals surface area (Å²) in [5.74, 6) is -0.390. The number of carbonyl (C=O) groups excluding carboxylic acids is 1. The van der Waals surface area contributed by atoms with Crippen molar-refractivity contribution in [2.45, 2.75) is 77.4 Å². The third-order valence-electron chi connectivity index (χ3n) is 5.55. The molecular formula is C23H33FN4O. The van der Waals surface area contributed by atoms with E-state index < -0.39 is 0 Å². The van der Waals surface area contributed by atoms with E-state index in [0.29, 0.717) is 11.3 Å². The van der Waals surface area contributed by atoms with Crippen LogP contribution in [0.25, 0.3) is 5.69 Å². The van der Waals surface area contributed by atoms with E-state index in [4.69, 9.17) is 0 Å². The molecule has 6 heteroatoms. The normalized spacial score (nSPS) is 18.6. The summed E-state index contributed by atoms with van der Waals surface area (Å²) in [6, 6.07) is 6.60. The van der Waals surface area contributed by atoms with E-state index in [1.54, 1.807) is 30.6 Å². The van der Waals surface area contributed by atoms with E-state index in [1.165, 1.54) is 10.7 Å². The summed E-state index contributed by atoms with van der Waals surface area (Å²) in [6.45, 7) is 11.6. The van der Waals surface area contributed by atoms with Crippen LogP contribution in [0.1, 0.15) is 70.7 Å². The minimum absolute atomic E-state index is 0.0282. The standard InChI is InChI=1S/C23H33FN4O/c1-6-7-12-27(18-13-22(2,3)26-23(4,5)14-18)21(29)17-15-25-28(16-17)20-11-9-8-10-19(20)24/h8-11,15-16,18,26H,6-7,12-14H2,1-5H3. The summed E-state index contributed by atoms with van der Waals surface area (Å²) in [5, 5.41) is 7.94. The van der Waals surface area contributed by atoms with E-state index in [1.807, 2.05) is 4.90 Å². The van der Waals surface area contributed by atoms with Crippen LogP contribution in [-0.2, 0) is 0 Å². The highest BCUT2D eigenvalue weighted by Gasteiger charge is 2.41. The summed E-state index contributed by atoms with van der Waals surface area (Å²) in [4.78, 5) is 15.5. The van der Waals surface area contributed by atoms with Gasteiger partial charge in [0, 0.05) is 29.9 Å². The fraction of sp³-hybridized carbons (Fsp3) is 0.565. The molecule has 0 unspecified atom stereocenters. The predicted molar refractivity (Wildman–Crippen MR) is 114 cm³/mol. The number of unbranched alkanes of at least 4 members (excludes halogenated alkanes) is 1. The minimum Gasteiger partial charge on any atom is -0.335 e. The van der Waals surface area contributed by atoms with Crippen LogP contribution in [0, 0.1) is 5.82 Å². The Balaban J connectivity index is 1.88. The Hall–Kier alpha value is -2.21. The molecule has 2 aromatic rings. The predicted octanol–water partition coefficient (Wildman–Crippen LogP) is 4.56. The Bertz CT molecular complexity index is 842. The van der Waals surface area contributed by atoms with Gasteiger partial charge in [-0.2, -0.15) is 5.10 Å². The monoisotopic (exact) mass is 400 g/mol. The van der Waals surface area contributed by atoms with Gasteiger partial charge < -0.3 is 10.2 Å². The summed E-state index contributed by atoms with van der Waals surface area (Å²) < 4.78 is 15.6.